The fourth-order valence-corrected chi connectivity index (χ4v) is 3.54. The maximum atomic E-state index is 5.56. The van der Waals surface area contributed by atoms with E-state index in [1.54, 1.807) is 0 Å². The number of fused-ring (bicyclic) bond motifs is 1. The largest absolute Gasteiger partial charge is 0.381 e. The van der Waals surface area contributed by atoms with E-state index < -0.39 is 0 Å². The second-order valence-corrected chi connectivity index (χ2v) is 6.05. The van der Waals surface area contributed by atoms with E-state index in [0.717, 1.165) is 19.8 Å². The molecule has 3 heteroatoms. The van der Waals surface area contributed by atoms with Crippen LogP contribution in [-0.2, 0) is 11.2 Å². The second kappa shape index (κ2) is 6.59. The van der Waals surface area contributed by atoms with Crippen LogP contribution in [0, 0.1) is 5.92 Å². The quantitative estimate of drug-likeness (QED) is 0.913. The first-order chi connectivity index (χ1) is 9.88. The van der Waals surface area contributed by atoms with E-state index in [1.165, 1.54) is 43.5 Å². The molecule has 2 unspecified atom stereocenters. The fraction of sp³-hybridized carbons (Fsp3) is 0.647. The lowest BCUT2D eigenvalue weighted by Gasteiger charge is -2.32. The molecule has 2 aliphatic rings. The van der Waals surface area contributed by atoms with E-state index in [9.17, 15) is 0 Å². The SMILES string of the molecule is CNC(CN1CCCCc2ccccc21)C1CCOC1. The maximum Gasteiger partial charge on any atom is 0.0510 e. The lowest BCUT2D eigenvalue weighted by atomic mass is 9.98. The van der Waals surface area contributed by atoms with Crippen molar-refractivity contribution in [3.63, 3.8) is 0 Å². The molecule has 0 spiro atoms. The fourth-order valence-electron chi connectivity index (χ4n) is 3.54. The third-order valence-corrected chi connectivity index (χ3v) is 4.78. The van der Waals surface area contributed by atoms with E-state index in [1.807, 2.05) is 0 Å². The first kappa shape index (κ1) is 13.9. The molecule has 0 radical (unpaired) electrons. The Kier molecular flexibility index (Phi) is 4.58. The molecule has 2 aliphatic heterocycles. The minimum Gasteiger partial charge on any atom is -0.381 e. The summed E-state index contributed by atoms with van der Waals surface area (Å²) in [6, 6.07) is 9.45. The topological polar surface area (TPSA) is 24.5 Å². The van der Waals surface area contributed by atoms with Crippen LogP contribution in [0.1, 0.15) is 24.8 Å². The van der Waals surface area contributed by atoms with Crippen molar-refractivity contribution < 1.29 is 4.74 Å². The van der Waals surface area contributed by atoms with Crippen LogP contribution in [-0.4, -0.2) is 39.4 Å². The molecule has 110 valence electrons. The van der Waals surface area contributed by atoms with E-state index in [4.69, 9.17) is 4.74 Å². The number of nitrogens with zero attached hydrogens (tertiary/aromatic N) is 1. The van der Waals surface area contributed by atoms with Gasteiger partial charge >= 0.3 is 0 Å². The van der Waals surface area contributed by atoms with Crippen LogP contribution in [0.3, 0.4) is 0 Å². The number of hydrogen-bond acceptors (Lipinski definition) is 3. The molecule has 3 nitrogen and oxygen atoms in total. The number of para-hydroxylation sites is 1. The number of ether oxygens (including phenoxy) is 1. The molecule has 3 rings (SSSR count). The van der Waals surface area contributed by atoms with Crippen molar-refractivity contribution in [2.45, 2.75) is 31.7 Å². The summed E-state index contributed by atoms with van der Waals surface area (Å²) in [7, 11) is 2.09. The van der Waals surface area contributed by atoms with Crippen molar-refractivity contribution in [2.75, 3.05) is 38.3 Å². The highest BCUT2D eigenvalue weighted by Gasteiger charge is 2.27. The zero-order valence-electron chi connectivity index (χ0n) is 12.5. The van der Waals surface area contributed by atoms with Gasteiger partial charge in [0, 0.05) is 37.3 Å². The van der Waals surface area contributed by atoms with Gasteiger partial charge in [-0.1, -0.05) is 18.2 Å². The van der Waals surface area contributed by atoms with E-state index in [2.05, 4.69) is 41.5 Å². The molecule has 0 aromatic heterocycles. The number of rotatable bonds is 4. The predicted molar refractivity (Wildman–Crippen MR) is 83.4 cm³/mol. The highest BCUT2D eigenvalue weighted by atomic mass is 16.5. The molecule has 1 aromatic carbocycles. The summed E-state index contributed by atoms with van der Waals surface area (Å²) in [5.74, 6) is 0.662. The number of likely N-dealkylation sites (N-methyl/N-ethyl adjacent to an activating group) is 1. The number of nitrogens with one attached hydrogen (secondary N) is 1. The van der Waals surface area contributed by atoms with Gasteiger partial charge in [-0.05, 0) is 44.4 Å². The zero-order valence-corrected chi connectivity index (χ0v) is 12.5. The van der Waals surface area contributed by atoms with Crippen LogP contribution >= 0.6 is 0 Å². The minimum absolute atomic E-state index is 0.531. The second-order valence-electron chi connectivity index (χ2n) is 6.05. The molecule has 2 heterocycles. The van der Waals surface area contributed by atoms with Crippen LogP contribution in [0.4, 0.5) is 5.69 Å². The van der Waals surface area contributed by atoms with Crippen LogP contribution in [0.15, 0.2) is 24.3 Å². The highest BCUT2D eigenvalue weighted by molar-refractivity contribution is 5.54. The molecule has 0 bridgehead atoms. The smallest absolute Gasteiger partial charge is 0.0510 e. The van der Waals surface area contributed by atoms with E-state index in [-0.39, 0.29) is 0 Å². The molecule has 1 fully saturated rings. The molecule has 0 aliphatic carbocycles. The molecule has 1 aromatic rings. The first-order valence-corrected chi connectivity index (χ1v) is 7.96. The van der Waals surface area contributed by atoms with Crippen LogP contribution in [0.25, 0.3) is 0 Å². The van der Waals surface area contributed by atoms with Crippen molar-refractivity contribution in [3.8, 4) is 0 Å². The molecule has 0 amide bonds. The Hall–Kier alpha value is -1.06. The first-order valence-electron chi connectivity index (χ1n) is 7.96. The van der Waals surface area contributed by atoms with Crippen LogP contribution < -0.4 is 10.2 Å². The monoisotopic (exact) mass is 274 g/mol. The van der Waals surface area contributed by atoms with Gasteiger partial charge in [0.1, 0.15) is 0 Å². The van der Waals surface area contributed by atoms with Gasteiger partial charge in [-0.2, -0.15) is 0 Å². The molecule has 1 N–H and O–H groups in total. The van der Waals surface area contributed by atoms with Gasteiger partial charge in [-0.3, -0.25) is 0 Å². The van der Waals surface area contributed by atoms with E-state index in [0.29, 0.717) is 12.0 Å². The molecule has 2 atom stereocenters. The minimum atomic E-state index is 0.531. The van der Waals surface area contributed by atoms with Crippen molar-refractivity contribution in [2.24, 2.45) is 5.92 Å². The molecular weight excluding hydrogens is 248 g/mol. The molecule has 1 saturated heterocycles. The van der Waals surface area contributed by atoms with Gasteiger partial charge < -0.3 is 15.0 Å². The average molecular weight is 274 g/mol. The summed E-state index contributed by atoms with van der Waals surface area (Å²) in [5, 5.41) is 3.52. The Balaban J connectivity index is 1.75. The van der Waals surface area contributed by atoms with Gasteiger partial charge in [0.05, 0.1) is 6.61 Å². The van der Waals surface area contributed by atoms with Crippen molar-refractivity contribution >= 4 is 5.69 Å². The predicted octanol–water partition coefficient (Wildman–Crippen LogP) is 2.45. The summed E-state index contributed by atoms with van der Waals surface area (Å²) in [4.78, 5) is 2.59. The third kappa shape index (κ3) is 2.99. The van der Waals surface area contributed by atoms with Crippen LogP contribution in [0.5, 0.6) is 0 Å². The number of anilines is 1. The molecule has 0 saturated carbocycles. The Morgan fingerprint density at radius 1 is 1.35 bits per heavy atom. The Labute approximate surface area is 122 Å². The zero-order chi connectivity index (χ0) is 13.8. The maximum absolute atomic E-state index is 5.56. The lowest BCUT2D eigenvalue weighted by Crippen LogP contribution is -2.45. The summed E-state index contributed by atoms with van der Waals surface area (Å²) < 4.78 is 5.56. The summed E-state index contributed by atoms with van der Waals surface area (Å²) in [5.41, 5.74) is 2.96. The summed E-state index contributed by atoms with van der Waals surface area (Å²) >= 11 is 0. The number of aryl methyl sites for hydroxylation is 1. The highest BCUT2D eigenvalue weighted by Crippen LogP contribution is 2.27. The third-order valence-electron chi connectivity index (χ3n) is 4.78. The molecular formula is C17H26N2O. The number of hydrogen-bond donors (Lipinski definition) is 1. The Morgan fingerprint density at radius 3 is 3.05 bits per heavy atom. The van der Waals surface area contributed by atoms with Gasteiger partial charge in [0.2, 0.25) is 0 Å². The van der Waals surface area contributed by atoms with Gasteiger partial charge in [0.15, 0.2) is 0 Å². The Morgan fingerprint density at radius 2 is 2.25 bits per heavy atom. The van der Waals surface area contributed by atoms with Crippen LogP contribution in [0.2, 0.25) is 0 Å². The van der Waals surface area contributed by atoms with Gasteiger partial charge in [0.25, 0.3) is 0 Å². The summed E-state index contributed by atoms with van der Waals surface area (Å²) in [6.07, 6.45) is 5.03. The number of benzene rings is 1. The van der Waals surface area contributed by atoms with E-state index >= 15 is 0 Å². The average Bonchev–Trinajstić information content (AvgIpc) is 2.94. The van der Waals surface area contributed by atoms with Crippen molar-refractivity contribution in [1.82, 2.24) is 5.32 Å². The normalized spacial score (nSPS) is 24.2. The summed E-state index contributed by atoms with van der Waals surface area (Å²) in [6.45, 7) is 4.13. The van der Waals surface area contributed by atoms with Crippen molar-refractivity contribution in [3.05, 3.63) is 29.8 Å². The lowest BCUT2D eigenvalue weighted by molar-refractivity contribution is 0.178. The standard InChI is InChI=1S/C17H26N2O/c1-18-16(15-9-11-20-13-15)12-19-10-5-4-7-14-6-2-3-8-17(14)19/h2-3,6,8,15-16,18H,4-5,7,9-13H2,1H3. The molecule has 20 heavy (non-hydrogen) atoms. The Bertz CT molecular complexity index is 429. The van der Waals surface area contributed by atoms with Crippen molar-refractivity contribution in [1.29, 1.82) is 0 Å². The van der Waals surface area contributed by atoms with Gasteiger partial charge in [-0.25, -0.2) is 0 Å². The van der Waals surface area contributed by atoms with Gasteiger partial charge in [-0.15, -0.1) is 0 Å².